The average molecular weight is 362 g/mol. The van der Waals surface area contributed by atoms with Crippen LogP contribution in [0.1, 0.15) is 49.7 Å². The molecule has 2 aromatic carbocycles. The number of amides is 1. The van der Waals surface area contributed by atoms with E-state index in [1.54, 1.807) is 0 Å². The minimum atomic E-state index is -4.65. The molecule has 0 aromatic heterocycles. The van der Waals surface area contributed by atoms with E-state index in [4.69, 9.17) is 5.73 Å². The predicted octanol–water partition coefficient (Wildman–Crippen LogP) is 3.11. The first-order valence-electron chi connectivity index (χ1n) is 8.15. The van der Waals surface area contributed by atoms with Gasteiger partial charge in [0.15, 0.2) is 5.78 Å². The van der Waals surface area contributed by atoms with Crippen molar-refractivity contribution in [1.29, 1.82) is 0 Å². The van der Waals surface area contributed by atoms with Gasteiger partial charge in [-0.1, -0.05) is 30.3 Å². The molecule has 0 bridgehead atoms. The lowest BCUT2D eigenvalue weighted by molar-refractivity contribution is -0.137. The van der Waals surface area contributed by atoms with Crippen LogP contribution in [0.25, 0.3) is 0 Å². The molecule has 1 amide bonds. The number of nitrogens with two attached hydrogens (primary N) is 1. The van der Waals surface area contributed by atoms with Crippen molar-refractivity contribution in [2.45, 2.75) is 18.5 Å². The van der Waals surface area contributed by atoms with Crippen LogP contribution in [0.15, 0.2) is 42.5 Å². The normalized spacial score (nSPS) is 17.3. The molecule has 1 heterocycles. The Bertz CT molecular complexity index is 856. The molecule has 3 rings (SSSR count). The molecule has 0 aliphatic carbocycles. The second-order valence-electron chi connectivity index (χ2n) is 6.19. The monoisotopic (exact) mass is 362 g/mol. The number of hydrogen-bond acceptors (Lipinski definition) is 3. The highest BCUT2D eigenvalue weighted by molar-refractivity contribution is 6.12. The quantitative estimate of drug-likeness (QED) is 0.821. The fourth-order valence-corrected chi connectivity index (χ4v) is 3.39. The Hall–Kier alpha value is -2.67. The smallest absolute Gasteiger partial charge is 0.366 e. The Kier molecular flexibility index (Phi) is 4.82. The first kappa shape index (κ1) is 18.1. The van der Waals surface area contributed by atoms with Gasteiger partial charge < -0.3 is 11.1 Å². The number of rotatable bonds is 4. The maximum absolute atomic E-state index is 13.3. The van der Waals surface area contributed by atoms with Gasteiger partial charge in [-0.2, -0.15) is 13.2 Å². The van der Waals surface area contributed by atoms with Crippen molar-refractivity contribution >= 4 is 11.7 Å². The van der Waals surface area contributed by atoms with Gasteiger partial charge >= 0.3 is 6.18 Å². The summed E-state index contributed by atoms with van der Waals surface area (Å²) >= 11 is 0. The van der Waals surface area contributed by atoms with Gasteiger partial charge in [0.05, 0.1) is 5.56 Å². The highest BCUT2D eigenvalue weighted by Crippen LogP contribution is 2.35. The summed E-state index contributed by atoms with van der Waals surface area (Å²) in [5.74, 6) is -1.62. The maximum atomic E-state index is 13.3. The fourth-order valence-electron chi connectivity index (χ4n) is 3.39. The topological polar surface area (TPSA) is 72.2 Å². The third-order valence-electron chi connectivity index (χ3n) is 4.56. The number of carbonyl (C=O) groups is 2. The van der Waals surface area contributed by atoms with Crippen LogP contribution in [-0.2, 0) is 6.18 Å². The Morgan fingerprint density at radius 2 is 1.65 bits per heavy atom. The van der Waals surface area contributed by atoms with E-state index in [1.807, 2.05) is 0 Å². The minimum Gasteiger partial charge on any atom is -0.366 e. The molecule has 1 saturated heterocycles. The Morgan fingerprint density at radius 3 is 2.27 bits per heavy atom. The van der Waals surface area contributed by atoms with Gasteiger partial charge in [-0.15, -0.1) is 0 Å². The molecule has 3 N–H and O–H groups in total. The second kappa shape index (κ2) is 6.92. The van der Waals surface area contributed by atoms with Crippen LogP contribution in [0.4, 0.5) is 13.2 Å². The van der Waals surface area contributed by atoms with Crippen molar-refractivity contribution in [3.63, 3.8) is 0 Å². The highest BCUT2D eigenvalue weighted by Gasteiger charge is 2.36. The summed E-state index contributed by atoms with van der Waals surface area (Å²) in [6.45, 7) is 1.23. The molecule has 1 unspecified atom stereocenters. The summed E-state index contributed by atoms with van der Waals surface area (Å²) < 4.78 is 39.9. The third-order valence-corrected chi connectivity index (χ3v) is 4.56. The number of alkyl halides is 3. The lowest BCUT2D eigenvalue weighted by Crippen LogP contribution is -2.21. The largest absolute Gasteiger partial charge is 0.417 e. The molecular formula is C19H17F3N2O2. The molecule has 0 saturated carbocycles. The van der Waals surface area contributed by atoms with Crippen molar-refractivity contribution in [2.75, 3.05) is 13.1 Å². The molecule has 7 heteroatoms. The number of carbonyl (C=O) groups excluding carboxylic acids is 2. The van der Waals surface area contributed by atoms with Gasteiger partial charge in [0, 0.05) is 23.2 Å². The minimum absolute atomic E-state index is 0.0895. The summed E-state index contributed by atoms with van der Waals surface area (Å²) in [6.07, 6.45) is -3.98. The summed E-state index contributed by atoms with van der Waals surface area (Å²) in [7, 11) is 0. The van der Waals surface area contributed by atoms with Crippen LogP contribution in [0, 0.1) is 0 Å². The number of hydrogen-bond donors (Lipinski definition) is 2. The van der Waals surface area contributed by atoms with E-state index in [1.165, 1.54) is 30.3 Å². The lowest BCUT2D eigenvalue weighted by atomic mass is 9.85. The summed E-state index contributed by atoms with van der Waals surface area (Å²) in [5, 5.41) is 3.14. The summed E-state index contributed by atoms with van der Waals surface area (Å²) in [6, 6.07) is 9.08. The average Bonchev–Trinajstić information content (AvgIpc) is 3.14. The van der Waals surface area contributed by atoms with Gasteiger partial charge in [-0.05, 0) is 36.6 Å². The molecule has 2 aromatic rings. The van der Waals surface area contributed by atoms with E-state index in [9.17, 15) is 22.8 Å². The maximum Gasteiger partial charge on any atom is 0.417 e. The van der Waals surface area contributed by atoms with Gasteiger partial charge in [0.1, 0.15) is 0 Å². The van der Waals surface area contributed by atoms with Crippen LogP contribution in [0.3, 0.4) is 0 Å². The first-order chi connectivity index (χ1) is 12.3. The van der Waals surface area contributed by atoms with E-state index in [0.29, 0.717) is 25.1 Å². The zero-order valence-electron chi connectivity index (χ0n) is 13.8. The SMILES string of the molecule is NC(=O)c1cccc(C(=O)c2ccccc2C(F)(F)F)c1C1CCNC1. The molecular weight excluding hydrogens is 345 g/mol. The fraction of sp³-hybridized carbons (Fsp3) is 0.263. The van der Waals surface area contributed by atoms with Crippen molar-refractivity contribution in [3.8, 4) is 0 Å². The molecule has 0 radical (unpaired) electrons. The first-order valence-corrected chi connectivity index (χ1v) is 8.15. The van der Waals surface area contributed by atoms with E-state index < -0.39 is 29.0 Å². The van der Waals surface area contributed by atoms with E-state index in [-0.39, 0.29) is 17.0 Å². The van der Waals surface area contributed by atoms with Crippen LogP contribution in [0.2, 0.25) is 0 Å². The number of ketones is 1. The Balaban J connectivity index is 2.17. The highest BCUT2D eigenvalue weighted by atomic mass is 19.4. The summed E-state index contributed by atoms with van der Waals surface area (Å²) in [4.78, 5) is 24.8. The number of benzene rings is 2. The second-order valence-corrected chi connectivity index (χ2v) is 6.19. The molecule has 1 aliphatic heterocycles. The zero-order chi connectivity index (χ0) is 18.9. The number of primary amides is 1. The zero-order valence-corrected chi connectivity index (χ0v) is 13.8. The van der Waals surface area contributed by atoms with Gasteiger partial charge in [0.2, 0.25) is 5.91 Å². The third kappa shape index (κ3) is 3.35. The molecule has 1 aliphatic rings. The van der Waals surface area contributed by atoms with E-state index in [2.05, 4.69) is 5.32 Å². The van der Waals surface area contributed by atoms with Gasteiger partial charge in [0.25, 0.3) is 0 Å². The molecule has 4 nitrogen and oxygen atoms in total. The Morgan fingerprint density at radius 1 is 1.00 bits per heavy atom. The van der Waals surface area contributed by atoms with E-state index in [0.717, 1.165) is 12.1 Å². The van der Waals surface area contributed by atoms with Gasteiger partial charge in [-0.25, -0.2) is 0 Å². The lowest BCUT2D eigenvalue weighted by Gasteiger charge is -2.19. The van der Waals surface area contributed by atoms with Crippen LogP contribution < -0.4 is 11.1 Å². The molecule has 136 valence electrons. The number of nitrogens with one attached hydrogen (secondary N) is 1. The molecule has 1 fully saturated rings. The molecule has 0 spiro atoms. The molecule has 26 heavy (non-hydrogen) atoms. The Labute approximate surface area is 148 Å². The molecule has 1 atom stereocenters. The van der Waals surface area contributed by atoms with Crippen molar-refractivity contribution < 1.29 is 22.8 Å². The number of halogens is 3. The summed E-state index contributed by atoms with van der Waals surface area (Å²) in [5.41, 5.74) is 4.69. The van der Waals surface area contributed by atoms with Crippen molar-refractivity contribution in [1.82, 2.24) is 5.32 Å². The predicted molar refractivity (Wildman–Crippen MR) is 90.1 cm³/mol. The van der Waals surface area contributed by atoms with Crippen LogP contribution in [-0.4, -0.2) is 24.8 Å². The van der Waals surface area contributed by atoms with Crippen molar-refractivity contribution in [3.05, 3.63) is 70.3 Å². The van der Waals surface area contributed by atoms with Gasteiger partial charge in [-0.3, -0.25) is 9.59 Å². The van der Waals surface area contributed by atoms with Crippen molar-refractivity contribution in [2.24, 2.45) is 5.73 Å². The van der Waals surface area contributed by atoms with Crippen LogP contribution >= 0.6 is 0 Å². The van der Waals surface area contributed by atoms with Crippen LogP contribution in [0.5, 0.6) is 0 Å². The standard InChI is InChI=1S/C19H17F3N2O2/c20-19(21,22)15-7-2-1-4-12(15)17(25)13-5-3-6-14(18(23)26)16(13)11-8-9-24-10-11/h1-7,11,24H,8-10H2,(H2,23,26). The van der Waals surface area contributed by atoms with E-state index >= 15 is 0 Å².